The highest BCUT2D eigenvalue weighted by Gasteiger charge is 2.29. The number of rotatable bonds is 7. The topological polar surface area (TPSA) is 78.8 Å². The lowest BCUT2D eigenvalue weighted by molar-refractivity contribution is 0.0182. The molecule has 31 heavy (non-hydrogen) atoms. The molecule has 0 saturated heterocycles. The van der Waals surface area contributed by atoms with Crippen LogP contribution in [0, 0.1) is 0 Å². The Morgan fingerprint density at radius 2 is 1.52 bits per heavy atom. The lowest BCUT2D eigenvalue weighted by Gasteiger charge is -2.21. The van der Waals surface area contributed by atoms with Gasteiger partial charge in [0.25, 0.3) is 0 Å². The van der Waals surface area contributed by atoms with E-state index in [0.29, 0.717) is 10.9 Å². The molecule has 3 aromatic rings. The van der Waals surface area contributed by atoms with Crippen molar-refractivity contribution >= 4 is 22.0 Å². The monoisotopic (exact) mass is 481 g/mol. The van der Waals surface area contributed by atoms with Gasteiger partial charge in [-0.05, 0) is 33.4 Å². The molecule has 0 bridgehead atoms. The van der Waals surface area contributed by atoms with E-state index in [1.807, 2.05) is 36.4 Å². The smallest absolute Gasteiger partial charge is 0.407 e. The van der Waals surface area contributed by atoms with Crippen LogP contribution in [0.25, 0.3) is 11.1 Å². The van der Waals surface area contributed by atoms with Gasteiger partial charge < -0.3 is 20.3 Å². The summed E-state index contributed by atoms with van der Waals surface area (Å²) in [6.07, 6.45) is -2.88. The highest BCUT2D eigenvalue weighted by atomic mass is 79.9. The van der Waals surface area contributed by atoms with E-state index < -0.39 is 18.3 Å². The molecule has 0 aliphatic heterocycles. The Labute approximate surface area is 189 Å². The number of hydrogen-bond donors (Lipinski definition) is 3. The molecule has 5 nitrogen and oxygen atoms in total. The maximum absolute atomic E-state index is 12.3. The third-order valence-corrected chi connectivity index (χ3v) is 6.29. The van der Waals surface area contributed by atoms with Crippen LogP contribution in [0.5, 0.6) is 0 Å². The van der Waals surface area contributed by atoms with E-state index in [-0.39, 0.29) is 19.1 Å². The summed E-state index contributed by atoms with van der Waals surface area (Å²) in [4.78, 5) is 12.3. The van der Waals surface area contributed by atoms with Crippen LogP contribution < -0.4 is 5.32 Å². The van der Waals surface area contributed by atoms with Gasteiger partial charge in [0.15, 0.2) is 0 Å². The van der Waals surface area contributed by atoms with Crippen LogP contribution in [0.4, 0.5) is 4.79 Å². The van der Waals surface area contributed by atoms with Gasteiger partial charge in [0, 0.05) is 17.8 Å². The Bertz CT molecular complexity index is 1030. The second-order valence-corrected chi connectivity index (χ2v) is 8.11. The van der Waals surface area contributed by atoms with Gasteiger partial charge in [0.05, 0.1) is 0 Å². The normalized spacial score (nSPS) is 14.4. The molecule has 1 amide bonds. The van der Waals surface area contributed by atoms with Crippen molar-refractivity contribution in [1.82, 2.24) is 5.32 Å². The Hall–Kier alpha value is -2.67. The zero-order valence-electron chi connectivity index (χ0n) is 16.9. The first-order valence-corrected chi connectivity index (χ1v) is 11.3. The van der Waals surface area contributed by atoms with E-state index in [2.05, 4.69) is 45.5 Å². The highest BCUT2D eigenvalue weighted by Crippen LogP contribution is 2.44. The second kappa shape index (κ2) is 9.64. The minimum absolute atomic E-state index is 0.0283. The molecule has 0 saturated carbocycles. The van der Waals surface area contributed by atoms with Crippen LogP contribution in [0.15, 0.2) is 72.8 Å². The fourth-order valence-corrected chi connectivity index (χ4v) is 4.61. The molecule has 0 spiro atoms. The zero-order valence-corrected chi connectivity index (χ0v) is 18.5. The molecule has 2 atom stereocenters. The number of alkyl halides is 1. The average Bonchev–Trinajstić information content (AvgIpc) is 3.14. The van der Waals surface area contributed by atoms with Gasteiger partial charge in [-0.3, -0.25) is 0 Å². The fraction of sp³-hybridized carbons (Fsp3) is 0.240. The summed E-state index contributed by atoms with van der Waals surface area (Å²) < 4.78 is 5.47. The molecule has 1 aliphatic rings. The van der Waals surface area contributed by atoms with Crippen molar-refractivity contribution in [3.63, 3.8) is 0 Å². The summed E-state index contributed by atoms with van der Waals surface area (Å²) in [5, 5.41) is 23.9. The average molecular weight is 482 g/mol. The lowest BCUT2D eigenvalue weighted by Crippen LogP contribution is -2.36. The molecule has 0 fully saturated rings. The Kier molecular flexibility index (Phi) is 6.70. The van der Waals surface area contributed by atoms with Crippen molar-refractivity contribution in [1.29, 1.82) is 0 Å². The standard InChI is InChI=1S/C25H24BrNO4/c26-13-16-7-1-2-8-17(16)24(29)23(28)14-27-25(30)31-15-22-20-11-5-3-9-18(20)19-10-4-6-12-21(19)22/h1-12,22-24,28-29H,13-15H2,(H,27,30). The number of aliphatic hydroxyl groups excluding tert-OH is 2. The van der Waals surface area contributed by atoms with Crippen molar-refractivity contribution in [3.05, 3.63) is 95.1 Å². The molecule has 1 aliphatic carbocycles. The Balaban J connectivity index is 1.35. The summed E-state index contributed by atoms with van der Waals surface area (Å²) in [5.41, 5.74) is 6.11. The predicted octanol–water partition coefficient (Wildman–Crippen LogP) is 4.51. The van der Waals surface area contributed by atoms with Crippen LogP contribution in [0.3, 0.4) is 0 Å². The van der Waals surface area contributed by atoms with Crippen molar-refractivity contribution < 1.29 is 19.7 Å². The van der Waals surface area contributed by atoms with Crippen molar-refractivity contribution in [3.8, 4) is 11.1 Å². The van der Waals surface area contributed by atoms with Gasteiger partial charge >= 0.3 is 6.09 Å². The molecule has 3 N–H and O–H groups in total. The number of alkyl carbamates (subject to hydrolysis) is 1. The lowest BCUT2D eigenvalue weighted by atomic mass is 9.98. The number of halogens is 1. The third kappa shape index (κ3) is 4.51. The number of aliphatic hydroxyl groups is 2. The van der Waals surface area contributed by atoms with Gasteiger partial charge in [-0.2, -0.15) is 0 Å². The van der Waals surface area contributed by atoms with Crippen LogP contribution in [0.2, 0.25) is 0 Å². The van der Waals surface area contributed by atoms with Crippen LogP contribution >= 0.6 is 15.9 Å². The van der Waals surface area contributed by atoms with Gasteiger partial charge in [0.2, 0.25) is 0 Å². The summed E-state index contributed by atoms with van der Waals surface area (Å²) in [6, 6.07) is 23.6. The first kappa shape index (κ1) is 21.6. The molecule has 6 heteroatoms. The maximum atomic E-state index is 12.3. The molecule has 3 aromatic carbocycles. The molecule has 0 heterocycles. The number of carbonyl (C=O) groups excluding carboxylic acids is 1. The third-order valence-electron chi connectivity index (χ3n) is 5.68. The highest BCUT2D eigenvalue weighted by molar-refractivity contribution is 9.08. The summed E-state index contributed by atoms with van der Waals surface area (Å²) >= 11 is 3.38. The summed E-state index contributed by atoms with van der Waals surface area (Å²) in [6.45, 7) is 0.0827. The van der Waals surface area contributed by atoms with Gasteiger partial charge in [-0.15, -0.1) is 0 Å². The van der Waals surface area contributed by atoms with Crippen LogP contribution in [-0.4, -0.2) is 35.6 Å². The van der Waals surface area contributed by atoms with E-state index in [4.69, 9.17) is 4.74 Å². The summed E-state index contributed by atoms with van der Waals surface area (Å²) in [7, 11) is 0. The van der Waals surface area contributed by atoms with Crippen LogP contribution in [-0.2, 0) is 10.1 Å². The fourth-order valence-electron chi connectivity index (χ4n) is 4.10. The van der Waals surface area contributed by atoms with E-state index >= 15 is 0 Å². The molecule has 2 unspecified atom stereocenters. The van der Waals surface area contributed by atoms with E-state index in [0.717, 1.165) is 27.8 Å². The van der Waals surface area contributed by atoms with Gasteiger partial charge in [-0.1, -0.05) is 88.7 Å². The minimum Gasteiger partial charge on any atom is -0.449 e. The van der Waals surface area contributed by atoms with Gasteiger partial charge in [-0.25, -0.2) is 4.79 Å². The molecular formula is C25H24BrNO4. The number of amides is 1. The zero-order chi connectivity index (χ0) is 21.8. The largest absolute Gasteiger partial charge is 0.449 e. The van der Waals surface area contributed by atoms with E-state index in [1.54, 1.807) is 12.1 Å². The number of benzene rings is 3. The summed E-state index contributed by atoms with van der Waals surface area (Å²) in [5.74, 6) is -0.0283. The van der Waals surface area contributed by atoms with Crippen molar-refractivity contribution in [2.75, 3.05) is 13.2 Å². The van der Waals surface area contributed by atoms with Gasteiger partial charge in [0.1, 0.15) is 18.8 Å². The van der Waals surface area contributed by atoms with E-state index in [1.165, 1.54) is 0 Å². The molecular weight excluding hydrogens is 458 g/mol. The first-order valence-electron chi connectivity index (χ1n) is 10.2. The Morgan fingerprint density at radius 1 is 0.935 bits per heavy atom. The molecule has 0 radical (unpaired) electrons. The SMILES string of the molecule is O=C(NCC(O)C(O)c1ccccc1CBr)OCC1c2ccccc2-c2ccccc21. The quantitative estimate of drug-likeness (QED) is 0.433. The van der Waals surface area contributed by atoms with Crippen LogP contribution in [0.1, 0.15) is 34.3 Å². The predicted molar refractivity (Wildman–Crippen MR) is 123 cm³/mol. The van der Waals surface area contributed by atoms with Crippen molar-refractivity contribution in [2.45, 2.75) is 23.5 Å². The Morgan fingerprint density at radius 3 is 2.16 bits per heavy atom. The minimum atomic E-state index is -1.15. The molecule has 0 aromatic heterocycles. The number of ether oxygens (including phenoxy) is 1. The number of carbonyl (C=O) groups is 1. The van der Waals surface area contributed by atoms with Crippen molar-refractivity contribution in [2.24, 2.45) is 0 Å². The number of hydrogen-bond acceptors (Lipinski definition) is 4. The first-order chi connectivity index (χ1) is 15.1. The second-order valence-electron chi connectivity index (χ2n) is 7.55. The molecule has 4 rings (SSSR count). The maximum Gasteiger partial charge on any atom is 0.407 e. The van der Waals surface area contributed by atoms with E-state index in [9.17, 15) is 15.0 Å². The molecule has 160 valence electrons. The number of nitrogens with one attached hydrogen (secondary N) is 1. The number of fused-ring (bicyclic) bond motifs is 3.